The third-order valence-electron chi connectivity index (χ3n) is 4.18. The summed E-state index contributed by atoms with van der Waals surface area (Å²) in [6.45, 7) is 2.08. The number of aromatic nitrogens is 2. The number of carbonyl (C=O) groups excluding carboxylic acids is 2. The standard InChI is InChI=1S/C22H22N4O2/c1-16(27)18-10-5-11-19(15-18)25-22-24-14-12-20(26-22)21(28)23-13-6-9-17-7-3-2-4-8-17/h2-5,7-8,10-12,14-15H,6,9,13H2,1H3,(H,23,28)(H,24,25,26). The van der Waals surface area contributed by atoms with Crippen molar-refractivity contribution in [1.29, 1.82) is 0 Å². The molecule has 2 N–H and O–H groups in total. The lowest BCUT2D eigenvalue weighted by Crippen LogP contribution is -2.26. The van der Waals surface area contributed by atoms with E-state index in [9.17, 15) is 9.59 Å². The lowest BCUT2D eigenvalue weighted by Gasteiger charge is -2.08. The predicted octanol–water partition coefficient (Wildman–Crippen LogP) is 3.79. The fourth-order valence-electron chi connectivity index (χ4n) is 2.72. The Kier molecular flexibility index (Phi) is 6.46. The van der Waals surface area contributed by atoms with Crippen molar-refractivity contribution in [3.63, 3.8) is 0 Å². The number of nitrogens with zero attached hydrogens (tertiary/aromatic N) is 2. The lowest BCUT2D eigenvalue weighted by atomic mass is 10.1. The van der Waals surface area contributed by atoms with Crippen molar-refractivity contribution in [2.24, 2.45) is 0 Å². The second-order valence-electron chi connectivity index (χ2n) is 6.37. The number of aryl methyl sites for hydroxylation is 1. The number of benzene rings is 2. The molecule has 0 saturated carbocycles. The highest BCUT2D eigenvalue weighted by Crippen LogP contribution is 2.15. The van der Waals surface area contributed by atoms with Crippen molar-refractivity contribution >= 4 is 23.3 Å². The fourth-order valence-corrected chi connectivity index (χ4v) is 2.72. The molecule has 6 nitrogen and oxygen atoms in total. The van der Waals surface area contributed by atoms with Gasteiger partial charge in [-0.05, 0) is 43.5 Å². The first-order chi connectivity index (χ1) is 13.6. The van der Waals surface area contributed by atoms with E-state index in [4.69, 9.17) is 0 Å². The van der Waals surface area contributed by atoms with Crippen LogP contribution in [0.25, 0.3) is 0 Å². The van der Waals surface area contributed by atoms with Crippen molar-refractivity contribution in [3.05, 3.63) is 83.7 Å². The quantitative estimate of drug-likeness (QED) is 0.463. The molecule has 0 fully saturated rings. The third-order valence-corrected chi connectivity index (χ3v) is 4.18. The third kappa shape index (κ3) is 5.48. The minimum absolute atomic E-state index is 0.0202. The van der Waals surface area contributed by atoms with E-state index in [1.54, 1.807) is 24.3 Å². The van der Waals surface area contributed by atoms with Gasteiger partial charge in [-0.15, -0.1) is 0 Å². The molecule has 3 aromatic rings. The summed E-state index contributed by atoms with van der Waals surface area (Å²) < 4.78 is 0. The molecule has 142 valence electrons. The van der Waals surface area contributed by atoms with Gasteiger partial charge >= 0.3 is 0 Å². The van der Waals surface area contributed by atoms with E-state index in [0.717, 1.165) is 12.8 Å². The molecule has 2 aromatic carbocycles. The number of rotatable bonds is 8. The van der Waals surface area contributed by atoms with E-state index < -0.39 is 0 Å². The number of anilines is 2. The van der Waals surface area contributed by atoms with Gasteiger partial charge in [0.25, 0.3) is 5.91 Å². The van der Waals surface area contributed by atoms with Crippen LogP contribution in [0.3, 0.4) is 0 Å². The Hall–Kier alpha value is -3.54. The maximum absolute atomic E-state index is 12.3. The number of amides is 1. The molecule has 28 heavy (non-hydrogen) atoms. The summed E-state index contributed by atoms with van der Waals surface area (Å²) in [6.07, 6.45) is 3.29. The first-order valence-electron chi connectivity index (χ1n) is 9.15. The van der Waals surface area contributed by atoms with Crippen LogP contribution in [0.15, 0.2) is 66.9 Å². The number of ketones is 1. The monoisotopic (exact) mass is 374 g/mol. The molecule has 3 rings (SSSR count). The van der Waals surface area contributed by atoms with Gasteiger partial charge in [-0.3, -0.25) is 9.59 Å². The summed E-state index contributed by atoms with van der Waals surface area (Å²) in [6, 6.07) is 18.8. The van der Waals surface area contributed by atoms with Crippen LogP contribution in [0.2, 0.25) is 0 Å². The van der Waals surface area contributed by atoms with E-state index in [1.165, 1.54) is 18.7 Å². The molecule has 1 heterocycles. The molecule has 0 radical (unpaired) electrons. The lowest BCUT2D eigenvalue weighted by molar-refractivity contribution is 0.0947. The van der Waals surface area contributed by atoms with Crippen LogP contribution in [-0.2, 0) is 6.42 Å². The Balaban J connectivity index is 1.55. The molecule has 0 spiro atoms. The minimum atomic E-state index is -0.240. The van der Waals surface area contributed by atoms with Crippen LogP contribution in [0.1, 0.15) is 39.8 Å². The zero-order valence-corrected chi connectivity index (χ0v) is 15.7. The van der Waals surface area contributed by atoms with E-state index in [1.807, 2.05) is 24.3 Å². The first kappa shape index (κ1) is 19.2. The molecule has 0 aliphatic rings. The maximum atomic E-state index is 12.3. The molecule has 0 aliphatic carbocycles. The van der Waals surface area contributed by atoms with Crippen molar-refractivity contribution in [1.82, 2.24) is 15.3 Å². The second kappa shape index (κ2) is 9.41. The molecule has 6 heteroatoms. The average Bonchev–Trinajstić information content (AvgIpc) is 2.72. The van der Waals surface area contributed by atoms with Crippen LogP contribution in [0, 0.1) is 0 Å². The SMILES string of the molecule is CC(=O)c1cccc(Nc2nccc(C(=O)NCCCc3ccccc3)n2)c1. The summed E-state index contributed by atoms with van der Waals surface area (Å²) in [5, 5.41) is 5.91. The van der Waals surface area contributed by atoms with E-state index in [-0.39, 0.29) is 11.7 Å². The molecule has 0 atom stereocenters. The van der Waals surface area contributed by atoms with Gasteiger partial charge in [0.2, 0.25) is 5.95 Å². The fraction of sp³-hybridized carbons (Fsp3) is 0.182. The predicted molar refractivity (Wildman–Crippen MR) is 109 cm³/mol. The van der Waals surface area contributed by atoms with Gasteiger partial charge in [0.15, 0.2) is 5.78 Å². The smallest absolute Gasteiger partial charge is 0.270 e. The van der Waals surface area contributed by atoms with Gasteiger partial charge in [0, 0.05) is 24.0 Å². The zero-order chi connectivity index (χ0) is 19.8. The molecule has 0 saturated heterocycles. The highest BCUT2D eigenvalue weighted by Gasteiger charge is 2.09. The van der Waals surface area contributed by atoms with Gasteiger partial charge in [-0.25, -0.2) is 9.97 Å². The van der Waals surface area contributed by atoms with E-state index in [0.29, 0.717) is 29.4 Å². The number of hydrogen-bond donors (Lipinski definition) is 2. The Bertz CT molecular complexity index is 958. The highest BCUT2D eigenvalue weighted by atomic mass is 16.1. The zero-order valence-electron chi connectivity index (χ0n) is 15.7. The van der Waals surface area contributed by atoms with Crippen molar-refractivity contribution in [3.8, 4) is 0 Å². The summed E-state index contributed by atoms with van der Waals surface area (Å²) >= 11 is 0. The molecule has 1 amide bonds. The van der Waals surface area contributed by atoms with Gasteiger partial charge < -0.3 is 10.6 Å². The molecular weight excluding hydrogens is 352 g/mol. The van der Waals surface area contributed by atoms with Gasteiger partial charge in [-0.2, -0.15) is 0 Å². The average molecular weight is 374 g/mol. The van der Waals surface area contributed by atoms with Crippen molar-refractivity contribution in [2.75, 3.05) is 11.9 Å². The van der Waals surface area contributed by atoms with Crippen LogP contribution in [0.4, 0.5) is 11.6 Å². The second-order valence-corrected chi connectivity index (χ2v) is 6.37. The van der Waals surface area contributed by atoms with Crippen LogP contribution < -0.4 is 10.6 Å². The van der Waals surface area contributed by atoms with Crippen molar-refractivity contribution < 1.29 is 9.59 Å². The topological polar surface area (TPSA) is 84.0 Å². The van der Waals surface area contributed by atoms with Gasteiger partial charge in [-0.1, -0.05) is 42.5 Å². The molecule has 0 bridgehead atoms. The normalized spacial score (nSPS) is 10.3. The Morgan fingerprint density at radius 3 is 2.61 bits per heavy atom. The molecule has 1 aromatic heterocycles. The van der Waals surface area contributed by atoms with E-state index >= 15 is 0 Å². The molecule has 0 unspecified atom stereocenters. The van der Waals surface area contributed by atoms with E-state index in [2.05, 4.69) is 32.7 Å². The Morgan fingerprint density at radius 2 is 1.82 bits per heavy atom. The Morgan fingerprint density at radius 1 is 1.00 bits per heavy atom. The summed E-state index contributed by atoms with van der Waals surface area (Å²) in [5.74, 6) is 0.0434. The highest BCUT2D eigenvalue weighted by molar-refractivity contribution is 5.95. The number of nitrogens with one attached hydrogen (secondary N) is 2. The van der Waals surface area contributed by atoms with Gasteiger partial charge in [0.05, 0.1) is 0 Å². The van der Waals surface area contributed by atoms with Crippen LogP contribution in [0.5, 0.6) is 0 Å². The number of carbonyl (C=O) groups is 2. The summed E-state index contributed by atoms with van der Waals surface area (Å²) in [4.78, 5) is 32.2. The Labute approximate surface area is 164 Å². The summed E-state index contributed by atoms with van der Waals surface area (Å²) in [5.41, 5.74) is 2.82. The minimum Gasteiger partial charge on any atom is -0.351 e. The maximum Gasteiger partial charge on any atom is 0.270 e. The van der Waals surface area contributed by atoms with Gasteiger partial charge in [0.1, 0.15) is 5.69 Å². The molecular formula is C22H22N4O2. The van der Waals surface area contributed by atoms with Crippen LogP contribution in [-0.4, -0.2) is 28.2 Å². The largest absolute Gasteiger partial charge is 0.351 e. The molecule has 0 aliphatic heterocycles. The summed E-state index contributed by atoms with van der Waals surface area (Å²) in [7, 11) is 0. The number of Topliss-reactive ketones (excluding diaryl/α,β-unsaturated/α-hetero) is 1. The first-order valence-corrected chi connectivity index (χ1v) is 9.15. The van der Waals surface area contributed by atoms with Crippen molar-refractivity contribution in [2.45, 2.75) is 19.8 Å². The van der Waals surface area contributed by atoms with Crippen LogP contribution >= 0.6 is 0 Å². The number of hydrogen-bond acceptors (Lipinski definition) is 5.